The molecule has 20 heavy (non-hydrogen) atoms. The molecular weight excluding hydrogens is 273 g/mol. The minimum Gasteiger partial charge on any atom is -0.496 e. The van der Waals surface area contributed by atoms with Gasteiger partial charge in [0.05, 0.1) is 12.4 Å². The lowest BCUT2D eigenvalue weighted by molar-refractivity contribution is 0.404. The number of para-hydroxylation sites is 1. The van der Waals surface area contributed by atoms with Gasteiger partial charge in [-0.3, -0.25) is 0 Å². The molecule has 0 spiro atoms. The van der Waals surface area contributed by atoms with Crippen LogP contribution >= 0.6 is 11.8 Å². The first-order chi connectivity index (χ1) is 9.63. The predicted octanol–water partition coefficient (Wildman–Crippen LogP) is 4.01. The van der Waals surface area contributed by atoms with E-state index in [0.29, 0.717) is 5.56 Å². The summed E-state index contributed by atoms with van der Waals surface area (Å²) in [7, 11) is 1.63. The Morgan fingerprint density at radius 1 is 1.10 bits per heavy atom. The Morgan fingerprint density at radius 3 is 2.40 bits per heavy atom. The van der Waals surface area contributed by atoms with Crippen LogP contribution in [0.4, 0.5) is 4.39 Å². The van der Waals surface area contributed by atoms with E-state index in [4.69, 9.17) is 10.5 Å². The highest BCUT2D eigenvalue weighted by Gasteiger charge is 2.22. The summed E-state index contributed by atoms with van der Waals surface area (Å²) in [6.07, 6.45) is 0. The number of rotatable bonds is 5. The molecule has 2 nitrogen and oxygen atoms in total. The first kappa shape index (κ1) is 14.9. The number of ether oxygens (including phenoxy) is 1. The molecule has 0 aromatic heterocycles. The molecule has 0 aliphatic carbocycles. The van der Waals surface area contributed by atoms with Crippen LogP contribution in [-0.4, -0.2) is 13.2 Å². The van der Waals surface area contributed by atoms with E-state index in [9.17, 15) is 4.39 Å². The van der Waals surface area contributed by atoms with Crippen LogP contribution in [0.3, 0.4) is 0 Å². The minimum absolute atomic E-state index is 0.160. The Morgan fingerprint density at radius 2 is 1.75 bits per heavy atom. The minimum atomic E-state index is -0.225. The fraction of sp³-hybridized carbons (Fsp3) is 0.250. The second-order valence-electron chi connectivity index (χ2n) is 4.57. The molecule has 0 saturated heterocycles. The van der Waals surface area contributed by atoms with Crippen LogP contribution in [-0.2, 0) is 0 Å². The molecule has 2 aromatic rings. The van der Waals surface area contributed by atoms with Crippen molar-refractivity contribution in [3.8, 4) is 5.75 Å². The molecule has 2 aromatic carbocycles. The van der Waals surface area contributed by atoms with Gasteiger partial charge in [0.25, 0.3) is 0 Å². The second-order valence-corrected chi connectivity index (χ2v) is 5.75. The van der Waals surface area contributed by atoms with Crippen LogP contribution in [0.25, 0.3) is 0 Å². The summed E-state index contributed by atoms with van der Waals surface area (Å²) in [5, 5.41) is -0.160. The van der Waals surface area contributed by atoms with E-state index >= 15 is 0 Å². The molecule has 106 valence electrons. The fourth-order valence-corrected chi connectivity index (χ4v) is 3.24. The third-order valence-electron chi connectivity index (χ3n) is 3.01. The van der Waals surface area contributed by atoms with Gasteiger partial charge in [-0.25, -0.2) is 4.39 Å². The van der Waals surface area contributed by atoms with E-state index in [1.807, 2.05) is 37.3 Å². The van der Waals surface area contributed by atoms with Gasteiger partial charge in [-0.1, -0.05) is 30.3 Å². The summed E-state index contributed by atoms with van der Waals surface area (Å²) in [5.41, 5.74) is 6.67. The van der Waals surface area contributed by atoms with Crippen LogP contribution in [0.1, 0.15) is 17.7 Å². The van der Waals surface area contributed by atoms with Crippen LogP contribution in [0.2, 0.25) is 0 Å². The van der Waals surface area contributed by atoms with Gasteiger partial charge in [0.2, 0.25) is 0 Å². The first-order valence-electron chi connectivity index (χ1n) is 6.43. The van der Waals surface area contributed by atoms with Gasteiger partial charge in [-0.05, 0) is 25.1 Å². The van der Waals surface area contributed by atoms with Gasteiger partial charge >= 0.3 is 0 Å². The third kappa shape index (κ3) is 3.32. The Hall–Kier alpha value is -1.52. The van der Waals surface area contributed by atoms with E-state index in [0.717, 1.165) is 10.6 Å². The summed E-state index contributed by atoms with van der Waals surface area (Å²) < 4.78 is 19.3. The average molecular weight is 291 g/mol. The SMILES string of the molecule is COc1ccccc1SC(c1ccccc1F)C(C)N. The van der Waals surface area contributed by atoms with Crippen molar-refractivity contribution < 1.29 is 9.13 Å². The van der Waals surface area contributed by atoms with E-state index in [-0.39, 0.29) is 17.1 Å². The Kier molecular flexibility index (Phi) is 5.04. The highest BCUT2D eigenvalue weighted by molar-refractivity contribution is 7.99. The quantitative estimate of drug-likeness (QED) is 0.845. The van der Waals surface area contributed by atoms with Crippen molar-refractivity contribution in [1.29, 1.82) is 0 Å². The first-order valence-corrected chi connectivity index (χ1v) is 7.31. The summed E-state index contributed by atoms with van der Waals surface area (Å²) >= 11 is 1.53. The van der Waals surface area contributed by atoms with Crippen molar-refractivity contribution >= 4 is 11.8 Å². The number of methoxy groups -OCH3 is 1. The van der Waals surface area contributed by atoms with Crippen molar-refractivity contribution in [3.63, 3.8) is 0 Å². The van der Waals surface area contributed by atoms with Crippen LogP contribution in [0.5, 0.6) is 5.75 Å². The zero-order valence-corrected chi connectivity index (χ0v) is 12.4. The molecule has 0 fully saturated rings. The number of benzene rings is 2. The molecule has 0 bridgehead atoms. The number of thioether (sulfide) groups is 1. The molecule has 2 atom stereocenters. The molecule has 4 heteroatoms. The Bertz CT molecular complexity index is 574. The van der Waals surface area contributed by atoms with Crippen LogP contribution in [0.15, 0.2) is 53.4 Å². The molecular formula is C16H18FNOS. The van der Waals surface area contributed by atoms with Crippen molar-refractivity contribution in [3.05, 3.63) is 59.9 Å². The van der Waals surface area contributed by atoms with Gasteiger partial charge in [0.15, 0.2) is 0 Å². The molecule has 0 amide bonds. The average Bonchev–Trinajstić information content (AvgIpc) is 2.46. The van der Waals surface area contributed by atoms with Gasteiger partial charge < -0.3 is 10.5 Å². The maximum absolute atomic E-state index is 14.0. The normalized spacial score (nSPS) is 13.8. The van der Waals surface area contributed by atoms with Crippen molar-refractivity contribution in [1.82, 2.24) is 0 Å². The summed E-state index contributed by atoms with van der Waals surface area (Å²) in [4.78, 5) is 0.959. The molecule has 0 radical (unpaired) electrons. The number of nitrogens with two attached hydrogens (primary N) is 1. The van der Waals surface area contributed by atoms with Crippen molar-refractivity contribution in [2.75, 3.05) is 7.11 Å². The lowest BCUT2D eigenvalue weighted by Gasteiger charge is -2.22. The number of halogens is 1. The third-order valence-corrected chi connectivity index (χ3v) is 4.54. The van der Waals surface area contributed by atoms with E-state index < -0.39 is 0 Å². The van der Waals surface area contributed by atoms with Gasteiger partial charge in [0.1, 0.15) is 11.6 Å². The van der Waals surface area contributed by atoms with Crippen molar-refractivity contribution in [2.24, 2.45) is 5.73 Å². The zero-order chi connectivity index (χ0) is 14.5. The van der Waals surface area contributed by atoms with Crippen molar-refractivity contribution in [2.45, 2.75) is 23.1 Å². The standard InChI is InChI=1S/C16H18FNOS/c1-11(18)16(12-7-3-4-8-13(12)17)20-15-10-6-5-9-14(15)19-2/h3-11,16H,18H2,1-2H3. The molecule has 2 N–H and O–H groups in total. The van der Waals surface area contributed by atoms with E-state index in [1.165, 1.54) is 17.8 Å². The van der Waals surface area contributed by atoms with E-state index in [1.54, 1.807) is 19.2 Å². The van der Waals surface area contributed by atoms with Gasteiger partial charge in [-0.2, -0.15) is 0 Å². The number of hydrogen-bond donors (Lipinski definition) is 1. The Balaban J connectivity index is 2.34. The molecule has 0 saturated carbocycles. The summed E-state index contributed by atoms with van der Waals surface area (Å²) in [5.74, 6) is 0.552. The molecule has 0 aliphatic rings. The smallest absolute Gasteiger partial charge is 0.132 e. The largest absolute Gasteiger partial charge is 0.496 e. The molecule has 0 heterocycles. The highest BCUT2D eigenvalue weighted by Crippen LogP contribution is 2.41. The maximum Gasteiger partial charge on any atom is 0.132 e. The molecule has 2 rings (SSSR count). The van der Waals surface area contributed by atoms with Crippen LogP contribution in [0, 0.1) is 5.82 Å². The molecule has 0 aliphatic heterocycles. The lowest BCUT2D eigenvalue weighted by atomic mass is 10.1. The summed E-state index contributed by atoms with van der Waals surface area (Å²) in [6, 6.07) is 14.3. The monoisotopic (exact) mass is 291 g/mol. The molecule has 2 unspecified atom stereocenters. The maximum atomic E-state index is 14.0. The fourth-order valence-electron chi connectivity index (χ4n) is 2.01. The second kappa shape index (κ2) is 6.77. The van der Waals surface area contributed by atoms with Gasteiger partial charge in [0, 0.05) is 16.5 Å². The zero-order valence-electron chi connectivity index (χ0n) is 11.5. The van der Waals surface area contributed by atoms with Crippen LogP contribution < -0.4 is 10.5 Å². The number of hydrogen-bond acceptors (Lipinski definition) is 3. The topological polar surface area (TPSA) is 35.2 Å². The Labute approximate surface area is 123 Å². The summed E-state index contributed by atoms with van der Waals surface area (Å²) in [6.45, 7) is 1.89. The predicted molar refractivity (Wildman–Crippen MR) is 81.6 cm³/mol. The highest BCUT2D eigenvalue weighted by atomic mass is 32.2. The van der Waals surface area contributed by atoms with E-state index in [2.05, 4.69) is 0 Å². The lowest BCUT2D eigenvalue weighted by Crippen LogP contribution is -2.23. The van der Waals surface area contributed by atoms with Gasteiger partial charge in [-0.15, -0.1) is 11.8 Å².